The van der Waals surface area contributed by atoms with Crippen molar-refractivity contribution in [1.29, 1.82) is 5.26 Å². The molecule has 16 nitrogen and oxygen atoms in total. The summed E-state index contributed by atoms with van der Waals surface area (Å²) in [6.45, 7) is 10.5. The maximum absolute atomic E-state index is 13.5. The van der Waals surface area contributed by atoms with Crippen molar-refractivity contribution in [2.24, 2.45) is 17.8 Å². The molecule has 19 heteroatoms. The van der Waals surface area contributed by atoms with Gasteiger partial charge in [-0.2, -0.15) is 18.4 Å². The Bertz CT molecular complexity index is 2340. The van der Waals surface area contributed by atoms with Crippen molar-refractivity contribution in [3.8, 4) is 6.07 Å². The van der Waals surface area contributed by atoms with E-state index in [0.717, 1.165) is 101 Å². The van der Waals surface area contributed by atoms with Crippen LogP contribution in [0.25, 0.3) is 0 Å². The fraction of sp³-hybridized carbons (Fsp3) is 0.511. The highest BCUT2D eigenvalue weighted by Gasteiger charge is 2.45. The van der Waals surface area contributed by atoms with E-state index >= 15 is 0 Å². The van der Waals surface area contributed by atoms with Gasteiger partial charge in [0.1, 0.15) is 6.04 Å². The smallest absolute Gasteiger partial charge is 0.371 e. The number of piperazine rings is 1. The van der Waals surface area contributed by atoms with Crippen LogP contribution in [0, 0.1) is 29.1 Å². The Balaban J connectivity index is 0.663. The highest BCUT2D eigenvalue weighted by Crippen LogP contribution is 2.36. The number of aromatic nitrogens is 2. The van der Waals surface area contributed by atoms with Crippen LogP contribution in [-0.4, -0.2) is 139 Å². The number of benzene rings is 2. The topological polar surface area (TPSA) is 178 Å². The van der Waals surface area contributed by atoms with E-state index in [0.29, 0.717) is 60.4 Å². The monoisotopic (exact) mass is 881 g/mol. The minimum atomic E-state index is -4.63. The van der Waals surface area contributed by atoms with Crippen LogP contribution in [0.5, 0.6) is 0 Å². The van der Waals surface area contributed by atoms with E-state index in [2.05, 4.69) is 40.4 Å². The first kappa shape index (κ1) is 43.1. The molecule has 336 valence electrons. The van der Waals surface area contributed by atoms with Gasteiger partial charge in [0.15, 0.2) is 11.6 Å². The number of amides is 5. The first-order valence-electron chi connectivity index (χ1n) is 22.1. The summed E-state index contributed by atoms with van der Waals surface area (Å²) in [7, 11) is 0. The summed E-state index contributed by atoms with van der Waals surface area (Å²) in [4.78, 5) is 75.8. The molecule has 2 aromatic carbocycles. The number of hydrogen-bond acceptors (Lipinski definition) is 13. The lowest BCUT2D eigenvalue weighted by molar-refractivity contribution is -0.138. The molecule has 1 aromatic heterocycles. The molecule has 6 aliphatic rings. The zero-order valence-electron chi connectivity index (χ0n) is 35.4. The second-order valence-electron chi connectivity index (χ2n) is 17.8. The van der Waals surface area contributed by atoms with Gasteiger partial charge in [-0.15, -0.1) is 10.2 Å². The average Bonchev–Trinajstić information content (AvgIpc) is 3.53. The van der Waals surface area contributed by atoms with E-state index in [1.165, 1.54) is 12.1 Å². The van der Waals surface area contributed by atoms with E-state index < -0.39 is 47.0 Å². The number of piperidine rings is 3. The van der Waals surface area contributed by atoms with Crippen molar-refractivity contribution >= 4 is 52.5 Å². The molecule has 0 spiro atoms. The number of nitriles is 1. The highest BCUT2D eigenvalue weighted by molar-refractivity contribution is 6.23. The standard InChI is InChI=1S/C45H50F3N11O5/c46-45(47,48)36-22-33(2-1-31(36)23-49)56-15-11-30(12-16-56)41(61)50-38-6-7-39(53-52-38)57-13-9-28(10-14-57)24-54-17-19-55(20-18-54)25-29-26-58(27-29)32-3-4-34-35(21-32)44(64)59(43(34)63)37-5-8-40(60)51-42(37)62/h1-4,6-7,21-22,28-30,37H,5,8-20,24-27H2,(H,50,52,61)(H,51,60,62). The van der Waals surface area contributed by atoms with Crippen LogP contribution in [-0.2, 0) is 20.6 Å². The molecule has 5 amide bonds. The predicted octanol–water partition coefficient (Wildman–Crippen LogP) is 3.59. The third-order valence-electron chi connectivity index (χ3n) is 13.7. The van der Waals surface area contributed by atoms with Crippen molar-refractivity contribution in [2.45, 2.75) is 50.7 Å². The first-order chi connectivity index (χ1) is 30.8. The number of anilines is 4. The SMILES string of the molecule is N#Cc1ccc(N2CCC(C(=O)Nc3ccc(N4CCC(CN5CCN(CC6CN(c7ccc8c(c7)C(=O)N(C7CCC(=O)NC7=O)C8=O)C6)CC5)CC4)nn3)CC2)cc1C(F)(F)F. The van der Waals surface area contributed by atoms with Gasteiger partial charge in [0.25, 0.3) is 11.8 Å². The fourth-order valence-electron chi connectivity index (χ4n) is 10.0. The van der Waals surface area contributed by atoms with Gasteiger partial charge in [-0.05, 0) is 86.6 Å². The lowest BCUT2D eigenvalue weighted by atomic mass is 9.95. The molecule has 5 fully saturated rings. The molecular formula is C45H50F3N11O5. The van der Waals surface area contributed by atoms with Crippen LogP contribution in [0.2, 0.25) is 0 Å². The molecular weight excluding hydrogens is 832 g/mol. The van der Waals surface area contributed by atoms with Crippen LogP contribution in [0.4, 0.5) is 36.2 Å². The maximum Gasteiger partial charge on any atom is 0.417 e. The van der Waals surface area contributed by atoms with Crippen LogP contribution < -0.4 is 25.3 Å². The summed E-state index contributed by atoms with van der Waals surface area (Å²) in [6.07, 6.45) is -1.38. The molecule has 5 saturated heterocycles. The van der Waals surface area contributed by atoms with Crippen molar-refractivity contribution in [3.05, 3.63) is 70.8 Å². The largest absolute Gasteiger partial charge is 0.417 e. The summed E-state index contributed by atoms with van der Waals surface area (Å²) < 4.78 is 40.4. The Morgan fingerprint density at radius 2 is 1.38 bits per heavy atom. The molecule has 0 bridgehead atoms. The van der Waals surface area contributed by atoms with Gasteiger partial charge in [0.2, 0.25) is 17.7 Å². The van der Waals surface area contributed by atoms with Gasteiger partial charge in [0.05, 0.1) is 28.3 Å². The number of nitrogens with zero attached hydrogens (tertiary/aromatic N) is 9. The van der Waals surface area contributed by atoms with Crippen LogP contribution >= 0.6 is 0 Å². The predicted molar refractivity (Wildman–Crippen MR) is 228 cm³/mol. The van der Waals surface area contributed by atoms with Gasteiger partial charge in [0, 0.05) is 108 Å². The minimum absolute atomic E-state index is 0.0861. The van der Waals surface area contributed by atoms with E-state index in [1.807, 2.05) is 17.0 Å². The van der Waals surface area contributed by atoms with Crippen molar-refractivity contribution in [2.75, 3.05) is 98.6 Å². The molecule has 0 aliphatic carbocycles. The van der Waals surface area contributed by atoms with Crippen LogP contribution in [0.15, 0.2) is 48.5 Å². The summed E-state index contributed by atoms with van der Waals surface area (Å²) in [5, 5.41) is 22.9. The van der Waals surface area contributed by atoms with Crippen LogP contribution in [0.3, 0.4) is 0 Å². The Morgan fingerprint density at radius 3 is 2.02 bits per heavy atom. The average molecular weight is 882 g/mol. The van der Waals surface area contributed by atoms with Gasteiger partial charge in [-0.1, -0.05) is 0 Å². The number of hydrogen-bond donors (Lipinski definition) is 2. The third-order valence-corrected chi connectivity index (χ3v) is 13.7. The van der Waals surface area contributed by atoms with Crippen molar-refractivity contribution in [1.82, 2.24) is 30.2 Å². The van der Waals surface area contributed by atoms with Gasteiger partial charge >= 0.3 is 6.18 Å². The lowest BCUT2D eigenvalue weighted by Gasteiger charge is -2.45. The van der Waals surface area contributed by atoms with E-state index in [1.54, 1.807) is 24.3 Å². The summed E-state index contributed by atoms with van der Waals surface area (Å²) in [5.41, 5.74) is 0.492. The molecule has 64 heavy (non-hydrogen) atoms. The van der Waals surface area contributed by atoms with Crippen LogP contribution in [0.1, 0.15) is 70.4 Å². The Kier molecular flexibility index (Phi) is 12.0. The number of fused-ring (bicyclic) bond motifs is 1. The second-order valence-corrected chi connectivity index (χ2v) is 17.8. The Hall–Kier alpha value is -6.13. The number of carbonyl (C=O) groups excluding carboxylic acids is 5. The van der Waals surface area contributed by atoms with Crippen molar-refractivity contribution in [3.63, 3.8) is 0 Å². The van der Waals surface area contributed by atoms with E-state index in [9.17, 15) is 37.1 Å². The fourth-order valence-corrected chi connectivity index (χ4v) is 10.0. The molecule has 0 saturated carbocycles. The summed E-state index contributed by atoms with van der Waals surface area (Å²) in [6, 6.07) is 13.3. The quantitative estimate of drug-likeness (QED) is 0.283. The normalized spacial score (nSPS) is 22.1. The van der Waals surface area contributed by atoms with Gasteiger partial charge in [-0.25, -0.2) is 0 Å². The zero-order chi connectivity index (χ0) is 44.7. The molecule has 6 aliphatic heterocycles. The number of alkyl halides is 3. The van der Waals surface area contributed by atoms with Crippen molar-refractivity contribution < 1.29 is 37.1 Å². The maximum atomic E-state index is 13.5. The van der Waals surface area contributed by atoms with E-state index in [-0.39, 0.29) is 24.7 Å². The number of rotatable bonds is 10. The summed E-state index contributed by atoms with van der Waals surface area (Å²) in [5.74, 6) is -0.275. The number of imide groups is 2. The molecule has 1 atom stereocenters. The third kappa shape index (κ3) is 8.98. The minimum Gasteiger partial charge on any atom is -0.371 e. The molecule has 3 aromatic rings. The second kappa shape index (κ2) is 17.8. The number of halogens is 3. The number of carbonyl (C=O) groups is 5. The molecule has 1 unspecified atom stereocenters. The molecule has 2 N–H and O–H groups in total. The Morgan fingerprint density at radius 1 is 0.734 bits per heavy atom. The lowest BCUT2D eigenvalue weighted by Crippen LogP contribution is -2.55. The number of nitrogens with one attached hydrogen (secondary N) is 2. The van der Waals surface area contributed by atoms with Gasteiger partial charge in [-0.3, -0.25) is 34.2 Å². The highest BCUT2D eigenvalue weighted by atomic mass is 19.4. The molecule has 0 radical (unpaired) electrons. The zero-order valence-corrected chi connectivity index (χ0v) is 35.4. The molecule has 7 heterocycles. The molecule has 9 rings (SSSR count). The van der Waals surface area contributed by atoms with Gasteiger partial charge < -0.3 is 29.8 Å². The first-order valence-corrected chi connectivity index (χ1v) is 22.1. The summed E-state index contributed by atoms with van der Waals surface area (Å²) >= 11 is 0. The Labute approximate surface area is 368 Å². The van der Waals surface area contributed by atoms with E-state index in [4.69, 9.17) is 5.26 Å².